The summed E-state index contributed by atoms with van der Waals surface area (Å²) in [6.45, 7) is 2.95. The van der Waals surface area contributed by atoms with Crippen LogP contribution in [-0.2, 0) is 4.79 Å². The first-order chi connectivity index (χ1) is 8.59. The highest BCUT2D eigenvalue weighted by Gasteiger charge is 2.06. The Bertz CT molecular complexity index is 392. The molecule has 18 heavy (non-hydrogen) atoms. The van der Waals surface area contributed by atoms with E-state index in [0.717, 1.165) is 6.42 Å². The number of hydrogen-bond acceptors (Lipinski definition) is 3. The number of carbonyl (C=O) groups excluding carboxylic acids is 2. The quantitative estimate of drug-likeness (QED) is 0.657. The number of primary amides is 1. The predicted molar refractivity (Wildman–Crippen MR) is 70.1 cm³/mol. The number of nitrogens with one attached hydrogen (secondary N) is 2. The molecule has 98 valence electrons. The number of nitrogens with two attached hydrogens (primary N) is 1. The molecule has 0 heterocycles. The van der Waals surface area contributed by atoms with Crippen LogP contribution in [0, 0.1) is 0 Å². The lowest BCUT2D eigenvalue weighted by molar-refractivity contribution is -0.119. The van der Waals surface area contributed by atoms with Crippen LogP contribution in [0.1, 0.15) is 24.8 Å². The average Bonchev–Trinajstić information content (AvgIpc) is 2.34. The topological polar surface area (TPSA) is 84.2 Å². The van der Waals surface area contributed by atoms with Gasteiger partial charge < -0.3 is 11.1 Å². The van der Waals surface area contributed by atoms with E-state index in [1.54, 1.807) is 0 Å². The van der Waals surface area contributed by atoms with Crippen molar-refractivity contribution in [2.75, 3.05) is 13.1 Å². The minimum Gasteiger partial charge on any atom is -0.351 e. The number of imide groups is 1. The van der Waals surface area contributed by atoms with Gasteiger partial charge in [-0.1, -0.05) is 37.3 Å². The van der Waals surface area contributed by atoms with Gasteiger partial charge in [-0.15, -0.1) is 0 Å². The number of amides is 3. The first kappa shape index (κ1) is 14.2. The van der Waals surface area contributed by atoms with Gasteiger partial charge in [0, 0.05) is 0 Å². The Kier molecular flexibility index (Phi) is 5.87. The van der Waals surface area contributed by atoms with Crippen molar-refractivity contribution in [3.05, 3.63) is 35.9 Å². The summed E-state index contributed by atoms with van der Waals surface area (Å²) in [6, 6.07) is 9.37. The van der Waals surface area contributed by atoms with Crippen molar-refractivity contribution in [1.82, 2.24) is 10.6 Å². The van der Waals surface area contributed by atoms with E-state index < -0.39 is 11.9 Å². The molecule has 5 heteroatoms. The molecule has 0 bridgehead atoms. The van der Waals surface area contributed by atoms with Gasteiger partial charge in [-0.2, -0.15) is 0 Å². The molecular weight excluding hydrogens is 230 g/mol. The monoisotopic (exact) mass is 249 g/mol. The molecule has 1 aromatic rings. The van der Waals surface area contributed by atoms with E-state index in [-0.39, 0.29) is 6.54 Å². The van der Waals surface area contributed by atoms with Crippen molar-refractivity contribution in [2.45, 2.75) is 19.3 Å². The fourth-order valence-corrected chi connectivity index (χ4v) is 1.65. The number of hydrogen-bond donors (Lipinski definition) is 3. The maximum Gasteiger partial charge on any atom is 0.318 e. The number of rotatable bonds is 6. The molecule has 0 aliphatic carbocycles. The highest BCUT2D eigenvalue weighted by molar-refractivity contribution is 5.94. The second-order valence-electron chi connectivity index (χ2n) is 4.19. The van der Waals surface area contributed by atoms with Crippen LogP contribution < -0.4 is 16.4 Å². The minimum atomic E-state index is -0.820. The molecule has 0 saturated carbocycles. The summed E-state index contributed by atoms with van der Waals surface area (Å²) in [4.78, 5) is 21.5. The van der Waals surface area contributed by atoms with Crippen LogP contribution in [0.25, 0.3) is 0 Å². The third-order valence-electron chi connectivity index (χ3n) is 2.67. The lowest BCUT2D eigenvalue weighted by Crippen LogP contribution is -2.40. The molecule has 1 unspecified atom stereocenters. The Morgan fingerprint density at radius 3 is 2.56 bits per heavy atom. The van der Waals surface area contributed by atoms with Crippen molar-refractivity contribution in [2.24, 2.45) is 5.73 Å². The average molecular weight is 249 g/mol. The second-order valence-corrected chi connectivity index (χ2v) is 4.19. The van der Waals surface area contributed by atoms with Crippen molar-refractivity contribution in [3.63, 3.8) is 0 Å². The van der Waals surface area contributed by atoms with Gasteiger partial charge in [0.25, 0.3) is 0 Å². The Morgan fingerprint density at radius 1 is 1.28 bits per heavy atom. The van der Waals surface area contributed by atoms with Crippen LogP contribution >= 0.6 is 0 Å². The van der Waals surface area contributed by atoms with Gasteiger partial charge >= 0.3 is 6.03 Å². The zero-order chi connectivity index (χ0) is 13.4. The number of urea groups is 1. The van der Waals surface area contributed by atoms with Crippen LogP contribution in [0.4, 0.5) is 4.79 Å². The Balaban J connectivity index is 2.18. The molecule has 3 amide bonds. The smallest absolute Gasteiger partial charge is 0.318 e. The van der Waals surface area contributed by atoms with Crippen molar-refractivity contribution < 1.29 is 9.59 Å². The molecule has 5 nitrogen and oxygen atoms in total. The maximum absolute atomic E-state index is 11.1. The molecule has 0 aromatic heterocycles. The molecule has 1 rings (SSSR count). The predicted octanol–water partition coefficient (Wildman–Crippen LogP) is 0.965. The van der Waals surface area contributed by atoms with Gasteiger partial charge in [-0.3, -0.25) is 10.1 Å². The van der Waals surface area contributed by atoms with Crippen molar-refractivity contribution in [1.29, 1.82) is 0 Å². The van der Waals surface area contributed by atoms with Gasteiger partial charge in [0.1, 0.15) is 0 Å². The molecule has 0 aliphatic rings. The van der Waals surface area contributed by atoms with E-state index in [1.165, 1.54) is 5.56 Å². The first-order valence-corrected chi connectivity index (χ1v) is 5.94. The number of benzene rings is 1. The fraction of sp³-hybridized carbons (Fsp3) is 0.385. The normalized spacial score (nSPS) is 11.8. The van der Waals surface area contributed by atoms with E-state index in [2.05, 4.69) is 24.4 Å². The second kappa shape index (κ2) is 7.45. The maximum atomic E-state index is 11.1. The highest BCUT2D eigenvalue weighted by atomic mass is 16.2. The summed E-state index contributed by atoms with van der Waals surface area (Å²) in [5.41, 5.74) is 6.10. The SMILES string of the molecule is CC(CCNCC(=O)NC(N)=O)c1ccccc1. The fourth-order valence-electron chi connectivity index (χ4n) is 1.65. The summed E-state index contributed by atoms with van der Waals surface area (Å²) >= 11 is 0. The molecule has 0 fully saturated rings. The number of carbonyl (C=O) groups is 2. The third-order valence-corrected chi connectivity index (χ3v) is 2.67. The van der Waals surface area contributed by atoms with E-state index in [9.17, 15) is 9.59 Å². The molecule has 0 aliphatic heterocycles. The van der Waals surface area contributed by atoms with Gasteiger partial charge in [-0.25, -0.2) is 4.79 Å². The van der Waals surface area contributed by atoms with E-state index in [1.807, 2.05) is 23.5 Å². The van der Waals surface area contributed by atoms with E-state index >= 15 is 0 Å². The van der Waals surface area contributed by atoms with E-state index in [0.29, 0.717) is 12.5 Å². The molecule has 0 saturated heterocycles. The molecule has 1 atom stereocenters. The van der Waals surface area contributed by atoms with Crippen molar-refractivity contribution in [3.8, 4) is 0 Å². The van der Waals surface area contributed by atoms with E-state index in [4.69, 9.17) is 5.73 Å². The van der Waals surface area contributed by atoms with Crippen LogP contribution in [0.15, 0.2) is 30.3 Å². The molecular formula is C13H19N3O2. The first-order valence-electron chi connectivity index (χ1n) is 5.94. The summed E-state index contributed by atoms with van der Waals surface area (Å²) < 4.78 is 0. The molecule has 0 radical (unpaired) electrons. The van der Waals surface area contributed by atoms with Gasteiger partial charge in [0.05, 0.1) is 6.54 Å². The summed E-state index contributed by atoms with van der Waals surface area (Å²) in [7, 11) is 0. The van der Waals surface area contributed by atoms with Crippen LogP contribution in [0.2, 0.25) is 0 Å². The Morgan fingerprint density at radius 2 is 1.94 bits per heavy atom. The lowest BCUT2D eigenvalue weighted by Gasteiger charge is -2.12. The third kappa shape index (κ3) is 5.45. The Labute approximate surface area is 107 Å². The standard InChI is InChI=1S/C13H19N3O2/c1-10(11-5-3-2-4-6-11)7-8-15-9-12(17)16-13(14)18/h2-6,10,15H,7-9H2,1H3,(H3,14,16,17,18). The summed E-state index contributed by atoms with van der Waals surface area (Å²) in [5, 5.41) is 4.97. The van der Waals surface area contributed by atoms with Gasteiger partial charge in [-0.05, 0) is 24.4 Å². The molecule has 4 N–H and O–H groups in total. The molecule has 1 aromatic carbocycles. The van der Waals surface area contributed by atoms with Gasteiger partial charge in [0.2, 0.25) is 5.91 Å². The van der Waals surface area contributed by atoms with Gasteiger partial charge in [0.15, 0.2) is 0 Å². The highest BCUT2D eigenvalue weighted by Crippen LogP contribution is 2.17. The van der Waals surface area contributed by atoms with Crippen LogP contribution in [0.3, 0.4) is 0 Å². The lowest BCUT2D eigenvalue weighted by atomic mass is 9.98. The summed E-state index contributed by atoms with van der Waals surface area (Å²) in [5.74, 6) is 0.0211. The largest absolute Gasteiger partial charge is 0.351 e. The van der Waals surface area contributed by atoms with Crippen LogP contribution in [-0.4, -0.2) is 25.0 Å². The Hall–Kier alpha value is -1.88. The van der Waals surface area contributed by atoms with Crippen LogP contribution in [0.5, 0.6) is 0 Å². The minimum absolute atomic E-state index is 0.102. The summed E-state index contributed by atoms with van der Waals surface area (Å²) in [6.07, 6.45) is 0.924. The zero-order valence-corrected chi connectivity index (χ0v) is 10.5. The van der Waals surface area contributed by atoms with Crippen molar-refractivity contribution >= 4 is 11.9 Å². The zero-order valence-electron chi connectivity index (χ0n) is 10.5. The molecule has 0 spiro atoms.